The zero-order valence-corrected chi connectivity index (χ0v) is 12.2. The van der Waals surface area contributed by atoms with Crippen LogP contribution in [0.5, 0.6) is 5.75 Å². The largest absolute Gasteiger partial charge is 0.486 e. The molecule has 2 rings (SSSR count). The molecule has 1 amide bonds. The van der Waals surface area contributed by atoms with E-state index in [0.717, 1.165) is 18.2 Å². The molecular weight excluding hydrogens is 312 g/mol. The summed E-state index contributed by atoms with van der Waals surface area (Å²) in [6.45, 7) is 3.30. The summed E-state index contributed by atoms with van der Waals surface area (Å²) in [5, 5.41) is 2.64. The summed E-state index contributed by atoms with van der Waals surface area (Å²) < 4.78 is 32.1. The van der Waals surface area contributed by atoms with Crippen LogP contribution in [0.4, 0.5) is 14.5 Å². The monoisotopic (exact) mass is 323 g/mol. The van der Waals surface area contributed by atoms with Gasteiger partial charge in [-0.15, -0.1) is 0 Å². The average Bonchev–Trinajstić information content (AvgIpc) is 2.48. The van der Waals surface area contributed by atoms with Gasteiger partial charge in [-0.3, -0.25) is 4.79 Å². The number of carbonyl (C=O) groups excluding carboxylic acids is 1. The lowest BCUT2D eigenvalue weighted by Gasteiger charge is -2.10. The Morgan fingerprint density at radius 1 is 1.27 bits per heavy atom. The highest BCUT2D eigenvalue weighted by molar-refractivity contribution is 6.31. The highest BCUT2D eigenvalue weighted by Crippen LogP contribution is 2.24. The lowest BCUT2D eigenvalue weighted by Crippen LogP contribution is -2.07. The molecule has 0 aromatic heterocycles. The maximum absolute atomic E-state index is 13.9. The van der Waals surface area contributed by atoms with E-state index < -0.39 is 17.5 Å². The Hall–Kier alpha value is -2.40. The van der Waals surface area contributed by atoms with E-state index in [1.54, 1.807) is 0 Å². The van der Waals surface area contributed by atoms with Crippen molar-refractivity contribution in [2.45, 2.75) is 6.61 Å². The van der Waals surface area contributed by atoms with Crippen molar-refractivity contribution in [2.75, 3.05) is 5.32 Å². The third-order valence-electron chi connectivity index (χ3n) is 2.78. The minimum atomic E-state index is -0.639. The average molecular weight is 324 g/mol. The number of halogens is 3. The zero-order chi connectivity index (χ0) is 16.1. The van der Waals surface area contributed by atoms with E-state index in [0.29, 0.717) is 5.56 Å². The summed E-state index contributed by atoms with van der Waals surface area (Å²) in [5.41, 5.74) is 0.820. The molecule has 0 aliphatic rings. The van der Waals surface area contributed by atoms with Crippen LogP contribution in [-0.4, -0.2) is 5.91 Å². The molecule has 1 N–H and O–H groups in total. The summed E-state index contributed by atoms with van der Waals surface area (Å²) in [5.74, 6) is -1.54. The van der Waals surface area contributed by atoms with Crippen LogP contribution in [0, 0.1) is 11.6 Å². The molecule has 0 fully saturated rings. The summed E-state index contributed by atoms with van der Waals surface area (Å²) in [4.78, 5) is 11.1. The quantitative estimate of drug-likeness (QED) is 0.832. The van der Waals surface area contributed by atoms with Gasteiger partial charge >= 0.3 is 0 Å². The SMILES string of the molecule is C=CC(=O)Nc1ccc(OCc2ccc(F)cc2Cl)c(F)c1. The Bertz CT molecular complexity index is 719. The fourth-order valence-corrected chi connectivity index (χ4v) is 1.90. The molecule has 0 saturated carbocycles. The molecule has 0 unspecified atom stereocenters. The van der Waals surface area contributed by atoms with Crippen molar-refractivity contribution in [1.29, 1.82) is 0 Å². The van der Waals surface area contributed by atoms with E-state index in [1.807, 2.05) is 0 Å². The van der Waals surface area contributed by atoms with Crippen LogP contribution >= 0.6 is 11.6 Å². The number of rotatable bonds is 5. The Morgan fingerprint density at radius 2 is 2.05 bits per heavy atom. The van der Waals surface area contributed by atoms with Gasteiger partial charge in [0, 0.05) is 17.3 Å². The Morgan fingerprint density at radius 3 is 2.68 bits per heavy atom. The second kappa shape index (κ2) is 7.04. The molecule has 0 heterocycles. The van der Waals surface area contributed by atoms with E-state index in [1.165, 1.54) is 24.3 Å². The topological polar surface area (TPSA) is 38.3 Å². The fourth-order valence-electron chi connectivity index (χ4n) is 1.68. The second-order valence-corrected chi connectivity index (χ2v) is 4.77. The van der Waals surface area contributed by atoms with Gasteiger partial charge in [0.1, 0.15) is 12.4 Å². The molecule has 0 atom stereocenters. The summed E-state index contributed by atoms with van der Waals surface area (Å²) >= 11 is 5.86. The smallest absolute Gasteiger partial charge is 0.247 e. The van der Waals surface area contributed by atoms with Crippen LogP contribution in [0.3, 0.4) is 0 Å². The van der Waals surface area contributed by atoms with Crippen LogP contribution in [0.25, 0.3) is 0 Å². The first-order chi connectivity index (χ1) is 10.5. The molecule has 3 nitrogen and oxygen atoms in total. The molecule has 0 bridgehead atoms. The lowest BCUT2D eigenvalue weighted by molar-refractivity contribution is -0.111. The predicted octanol–water partition coefficient (Wildman–Crippen LogP) is 4.32. The van der Waals surface area contributed by atoms with E-state index in [9.17, 15) is 13.6 Å². The number of anilines is 1. The van der Waals surface area contributed by atoms with Gasteiger partial charge in [0.05, 0.1) is 5.02 Å². The van der Waals surface area contributed by atoms with Gasteiger partial charge in [0.15, 0.2) is 11.6 Å². The van der Waals surface area contributed by atoms with Crippen molar-refractivity contribution in [3.05, 3.63) is 71.3 Å². The fraction of sp³-hybridized carbons (Fsp3) is 0.0625. The molecule has 22 heavy (non-hydrogen) atoms. The van der Waals surface area contributed by atoms with Crippen LogP contribution in [-0.2, 0) is 11.4 Å². The van der Waals surface area contributed by atoms with Crippen LogP contribution in [0.2, 0.25) is 5.02 Å². The van der Waals surface area contributed by atoms with Crippen molar-refractivity contribution in [2.24, 2.45) is 0 Å². The summed E-state index contributed by atoms with van der Waals surface area (Å²) in [6.07, 6.45) is 1.08. The molecule has 0 saturated heterocycles. The number of carbonyl (C=O) groups is 1. The number of ether oxygens (including phenoxy) is 1. The third kappa shape index (κ3) is 4.05. The Balaban J connectivity index is 2.07. The van der Waals surface area contributed by atoms with E-state index >= 15 is 0 Å². The van der Waals surface area contributed by atoms with Gasteiger partial charge in [-0.25, -0.2) is 8.78 Å². The van der Waals surface area contributed by atoms with Crippen LogP contribution < -0.4 is 10.1 Å². The van der Waals surface area contributed by atoms with Gasteiger partial charge in [-0.05, 0) is 30.3 Å². The lowest BCUT2D eigenvalue weighted by atomic mass is 10.2. The van der Waals surface area contributed by atoms with Crippen molar-refractivity contribution >= 4 is 23.2 Å². The molecule has 6 heteroatoms. The van der Waals surface area contributed by atoms with Gasteiger partial charge < -0.3 is 10.1 Å². The minimum absolute atomic E-state index is 0.00278. The van der Waals surface area contributed by atoms with Crippen molar-refractivity contribution < 1.29 is 18.3 Å². The molecule has 2 aromatic carbocycles. The normalized spacial score (nSPS) is 10.1. The molecule has 0 radical (unpaired) electrons. The third-order valence-corrected chi connectivity index (χ3v) is 3.13. The zero-order valence-electron chi connectivity index (χ0n) is 11.4. The van der Waals surface area contributed by atoms with Crippen molar-refractivity contribution in [1.82, 2.24) is 0 Å². The van der Waals surface area contributed by atoms with Crippen molar-refractivity contribution in [3.63, 3.8) is 0 Å². The number of hydrogen-bond donors (Lipinski definition) is 1. The highest BCUT2D eigenvalue weighted by Gasteiger charge is 2.08. The maximum Gasteiger partial charge on any atom is 0.247 e. The number of amides is 1. The minimum Gasteiger partial charge on any atom is -0.486 e. The van der Waals surface area contributed by atoms with E-state index in [4.69, 9.17) is 16.3 Å². The van der Waals surface area contributed by atoms with Gasteiger partial charge in [0.25, 0.3) is 0 Å². The van der Waals surface area contributed by atoms with Gasteiger partial charge in [-0.1, -0.05) is 24.2 Å². The summed E-state index contributed by atoms with van der Waals surface area (Å²) in [6, 6.07) is 7.87. The molecule has 0 aliphatic heterocycles. The molecule has 0 aliphatic carbocycles. The second-order valence-electron chi connectivity index (χ2n) is 4.36. The first-order valence-corrected chi connectivity index (χ1v) is 6.67. The molecule has 2 aromatic rings. The van der Waals surface area contributed by atoms with Gasteiger partial charge in [-0.2, -0.15) is 0 Å². The molecule has 0 spiro atoms. The van der Waals surface area contributed by atoms with Crippen LogP contribution in [0.15, 0.2) is 49.1 Å². The standard InChI is InChI=1S/C16H12ClF2NO2/c1-2-16(21)20-12-5-6-15(14(19)8-12)22-9-10-3-4-11(18)7-13(10)17/h2-8H,1,9H2,(H,20,21). The first kappa shape index (κ1) is 16.0. The molecular formula is C16H12ClF2NO2. The number of benzene rings is 2. The van der Waals surface area contributed by atoms with Crippen molar-refractivity contribution in [3.8, 4) is 5.75 Å². The number of hydrogen-bond acceptors (Lipinski definition) is 2. The maximum atomic E-state index is 13.9. The Labute approximate surface area is 131 Å². The van der Waals surface area contributed by atoms with Gasteiger partial charge in [0.2, 0.25) is 5.91 Å². The Kier molecular flexibility index (Phi) is 5.12. The van der Waals surface area contributed by atoms with Crippen LogP contribution in [0.1, 0.15) is 5.56 Å². The first-order valence-electron chi connectivity index (χ1n) is 6.29. The highest BCUT2D eigenvalue weighted by atomic mass is 35.5. The number of nitrogens with one attached hydrogen (secondary N) is 1. The summed E-state index contributed by atoms with van der Waals surface area (Å²) in [7, 11) is 0. The van der Waals surface area contributed by atoms with E-state index in [-0.39, 0.29) is 23.1 Å². The van der Waals surface area contributed by atoms with E-state index in [2.05, 4.69) is 11.9 Å². The predicted molar refractivity (Wildman–Crippen MR) is 81.0 cm³/mol. The molecule has 114 valence electrons.